The zero-order valence-electron chi connectivity index (χ0n) is 11.2. The lowest BCUT2D eigenvalue weighted by Gasteiger charge is -2.19. The minimum absolute atomic E-state index is 0.0658. The predicted octanol–water partition coefficient (Wildman–Crippen LogP) is 3.54. The third-order valence-electron chi connectivity index (χ3n) is 3.11. The van der Waals surface area contributed by atoms with E-state index in [1.54, 1.807) is 6.07 Å². The molecule has 2 aromatic carbocycles. The van der Waals surface area contributed by atoms with Gasteiger partial charge in [0.25, 0.3) is 5.69 Å². The van der Waals surface area contributed by atoms with Crippen molar-refractivity contribution in [2.24, 2.45) is 0 Å². The zero-order valence-corrected chi connectivity index (χ0v) is 11.2. The van der Waals surface area contributed by atoms with Crippen molar-refractivity contribution in [2.75, 3.05) is 11.9 Å². The van der Waals surface area contributed by atoms with Crippen molar-refractivity contribution >= 4 is 17.1 Å². The summed E-state index contributed by atoms with van der Waals surface area (Å²) in [6.07, 6.45) is 0. The van der Waals surface area contributed by atoms with Gasteiger partial charge in [-0.05, 0) is 31.2 Å². The van der Waals surface area contributed by atoms with Gasteiger partial charge < -0.3 is 4.90 Å². The molecule has 100 valence electrons. The molecule has 5 nitrogen and oxygen atoms in total. The summed E-state index contributed by atoms with van der Waals surface area (Å²) < 4.78 is 0. The highest BCUT2D eigenvalue weighted by Gasteiger charge is 2.16. The molecular weight excluding hydrogens is 254 g/mol. The first-order valence-electron chi connectivity index (χ1n) is 6.02. The molecular formula is C15H13N3O2. The van der Waals surface area contributed by atoms with E-state index in [-0.39, 0.29) is 11.3 Å². The van der Waals surface area contributed by atoms with Crippen LogP contribution in [0.2, 0.25) is 0 Å². The SMILES string of the molecule is Cc1ccc(N(C)c2ccc(C#N)c([N+](=O)[O-])c2)cc1. The Morgan fingerprint density at radius 2 is 1.75 bits per heavy atom. The maximum absolute atomic E-state index is 11.0. The molecule has 0 aliphatic rings. The van der Waals surface area contributed by atoms with Crippen LogP contribution in [0.3, 0.4) is 0 Å². The fourth-order valence-electron chi connectivity index (χ4n) is 1.89. The number of rotatable bonds is 3. The number of hydrogen-bond acceptors (Lipinski definition) is 4. The van der Waals surface area contributed by atoms with Gasteiger partial charge in [0.05, 0.1) is 4.92 Å². The first-order valence-corrected chi connectivity index (χ1v) is 6.02. The fourth-order valence-corrected chi connectivity index (χ4v) is 1.89. The standard InChI is InChI=1S/C15H13N3O2/c1-11-3-6-13(7-4-11)17(2)14-8-5-12(10-16)15(9-14)18(19)20/h3-9H,1-2H3. The molecule has 0 bridgehead atoms. The van der Waals surface area contributed by atoms with Crippen molar-refractivity contribution < 1.29 is 4.92 Å². The molecule has 0 aromatic heterocycles. The summed E-state index contributed by atoms with van der Waals surface area (Å²) >= 11 is 0. The molecule has 0 spiro atoms. The molecule has 5 heteroatoms. The second-order valence-electron chi connectivity index (χ2n) is 4.46. The molecule has 0 aliphatic heterocycles. The van der Waals surface area contributed by atoms with E-state index in [2.05, 4.69) is 0 Å². The van der Waals surface area contributed by atoms with Gasteiger partial charge in [-0.15, -0.1) is 0 Å². The highest BCUT2D eigenvalue weighted by Crippen LogP contribution is 2.29. The number of nitriles is 1. The second-order valence-corrected chi connectivity index (χ2v) is 4.46. The van der Waals surface area contributed by atoms with Crippen molar-refractivity contribution in [1.29, 1.82) is 5.26 Å². The van der Waals surface area contributed by atoms with Gasteiger partial charge in [0, 0.05) is 24.5 Å². The van der Waals surface area contributed by atoms with Crippen LogP contribution in [0.25, 0.3) is 0 Å². The van der Waals surface area contributed by atoms with Crippen LogP contribution >= 0.6 is 0 Å². The van der Waals surface area contributed by atoms with E-state index in [4.69, 9.17) is 5.26 Å². The molecule has 0 unspecified atom stereocenters. The predicted molar refractivity (Wildman–Crippen MR) is 77.1 cm³/mol. The Hall–Kier alpha value is -2.87. The second kappa shape index (κ2) is 5.41. The summed E-state index contributed by atoms with van der Waals surface area (Å²) in [6, 6.07) is 14.3. The Bertz CT molecular complexity index is 687. The normalized spacial score (nSPS) is 9.85. The van der Waals surface area contributed by atoms with Crippen molar-refractivity contribution in [1.82, 2.24) is 0 Å². The molecule has 2 rings (SSSR count). The van der Waals surface area contributed by atoms with Crippen molar-refractivity contribution in [3.05, 3.63) is 63.7 Å². The van der Waals surface area contributed by atoms with Gasteiger partial charge >= 0.3 is 0 Å². The topological polar surface area (TPSA) is 70.2 Å². The number of anilines is 2. The molecule has 0 amide bonds. The summed E-state index contributed by atoms with van der Waals surface area (Å²) in [6.45, 7) is 2.00. The highest BCUT2D eigenvalue weighted by atomic mass is 16.6. The molecule has 0 heterocycles. The Labute approximate surface area is 116 Å². The molecule has 2 aromatic rings. The number of nitrogens with zero attached hydrogens (tertiary/aromatic N) is 3. The molecule has 0 atom stereocenters. The van der Waals surface area contributed by atoms with E-state index in [1.165, 1.54) is 12.1 Å². The maximum Gasteiger partial charge on any atom is 0.289 e. The fraction of sp³-hybridized carbons (Fsp3) is 0.133. The van der Waals surface area contributed by atoms with Gasteiger partial charge in [0.1, 0.15) is 11.6 Å². The molecule has 0 saturated heterocycles. The summed E-state index contributed by atoms with van der Waals surface area (Å²) in [5.74, 6) is 0. The van der Waals surface area contributed by atoms with Crippen LogP contribution in [0.1, 0.15) is 11.1 Å². The summed E-state index contributed by atoms with van der Waals surface area (Å²) in [5.41, 5.74) is 2.63. The van der Waals surface area contributed by atoms with Gasteiger partial charge in [-0.2, -0.15) is 5.26 Å². The lowest BCUT2D eigenvalue weighted by atomic mass is 10.1. The Morgan fingerprint density at radius 3 is 2.30 bits per heavy atom. The van der Waals surface area contributed by atoms with Crippen LogP contribution in [0.5, 0.6) is 0 Å². The average molecular weight is 267 g/mol. The average Bonchev–Trinajstić information content (AvgIpc) is 2.46. The van der Waals surface area contributed by atoms with Gasteiger partial charge in [-0.3, -0.25) is 10.1 Å². The Kier molecular flexibility index (Phi) is 3.67. The van der Waals surface area contributed by atoms with Crippen molar-refractivity contribution in [3.8, 4) is 6.07 Å². The Morgan fingerprint density at radius 1 is 1.15 bits per heavy atom. The largest absolute Gasteiger partial charge is 0.344 e. The number of aryl methyl sites for hydroxylation is 1. The van der Waals surface area contributed by atoms with Gasteiger partial charge in [0.2, 0.25) is 0 Å². The third kappa shape index (κ3) is 2.59. The van der Waals surface area contributed by atoms with E-state index in [1.807, 2.05) is 49.2 Å². The molecule has 0 N–H and O–H groups in total. The van der Waals surface area contributed by atoms with Gasteiger partial charge in [-0.1, -0.05) is 17.7 Å². The number of benzene rings is 2. The van der Waals surface area contributed by atoms with E-state index in [9.17, 15) is 10.1 Å². The lowest BCUT2D eigenvalue weighted by Crippen LogP contribution is -2.09. The molecule has 0 radical (unpaired) electrons. The van der Waals surface area contributed by atoms with Crippen molar-refractivity contribution in [3.63, 3.8) is 0 Å². The number of nitro benzene ring substituents is 1. The molecule has 20 heavy (non-hydrogen) atoms. The number of nitro groups is 1. The van der Waals surface area contributed by atoms with E-state index >= 15 is 0 Å². The number of hydrogen-bond donors (Lipinski definition) is 0. The minimum atomic E-state index is -0.537. The van der Waals surface area contributed by atoms with Crippen LogP contribution in [0.15, 0.2) is 42.5 Å². The third-order valence-corrected chi connectivity index (χ3v) is 3.11. The van der Waals surface area contributed by atoms with Gasteiger partial charge in [-0.25, -0.2) is 0 Å². The van der Waals surface area contributed by atoms with Crippen molar-refractivity contribution in [2.45, 2.75) is 6.92 Å². The maximum atomic E-state index is 11.0. The van der Waals surface area contributed by atoms with E-state index in [0.29, 0.717) is 5.69 Å². The van der Waals surface area contributed by atoms with Crippen LogP contribution in [0.4, 0.5) is 17.1 Å². The quantitative estimate of drug-likeness (QED) is 0.630. The van der Waals surface area contributed by atoms with Crippen LogP contribution in [-0.2, 0) is 0 Å². The van der Waals surface area contributed by atoms with E-state index in [0.717, 1.165) is 11.3 Å². The first kappa shape index (κ1) is 13.6. The summed E-state index contributed by atoms with van der Waals surface area (Å²) in [7, 11) is 1.83. The monoisotopic (exact) mass is 267 g/mol. The van der Waals surface area contributed by atoms with E-state index < -0.39 is 4.92 Å². The molecule has 0 fully saturated rings. The van der Waals surface area contributed by atoms with Crippen LogP contribution in [-0.4, -0.2) is 12.0 Å². The summed E-state index contributed by atoms with van der Waals surface area (Å²) in [5, 5.41) is 19.8. The summed E-state index contributed by atoms with van der Waals surface area (Å²) in [4.78, 5) is 12.3. The minimum Gasteiger partial charge on any atom is -0.344 e. The van der Waals surface area contributed by atoms with Crippen LogP contribution < -0.4 is 4.90 Å². The van der Waals surface area contributed by atoms with Gasteiger partial charge in [0.15, 0.2) is 0 Å². The zero-order chi connectivity index (χ0) is 14.7. The van der Waals surface area contributed by atoms with Crippen LogP contribution in [0, 0.1) is 28.4 Å². The molecule has 0 aliphatic carbocycles. The first-order chi connectivity index (χ1) is 9.52. The highest BCUT2D eigenvalue weighted by molar-refractivity contribution is 5.67. The smallest absolute Gasteiger partial charge is 0.289 e. The lowest BCUT2D eigenvalue weighted by molar-refractivity contribution is -0.385. The Balaban J connectivity index is 2.43. The molecule has 0 saturated carbocycles.